The van der Waals surface area contributed by atoms with Crippen LogP contribution in [0.25, 0.3) is 0 Å². The van der Waals surface area contributed by atoms with Gasteiger partial charge in [-0.25, -0.2) is 0 Å². The third-order valence-electron chi connectivity index (χ3n) is 0.965. The molecule has 1 rings (SSSR count). The summed E-state index contributed by atoms with van der Waals surface area (Å²) in [5.41, 5.74) is 0. The summed E-state index contributed by atoms with van der Waals surface area (Å²) < 4.78 is 5.06. The highest BCUT2D eigenvalue weighted by Crippen LogP contribution is 1.97. The first-order chi connectivity index (χ1) is 3.43. The zero-order chi connectivity index (χ0) is 5.11. The molecule has 1 heterocycles. The minimum atomic E-state index is 0.252. The van der Waals surface area contributed by atoms with Gasteiger partial charge in [-0.1, -0.05) is 0 Å². The maximum Gasteiger partial charge on any atom is 0.0971 e. The van der Waals surface area contributed by atoms with Crippen molar-refractivity contribution in [3.63, 3.8) is 0 Å². The monoisotopic (exact) mass is 121 g/mol. The van der Waals surface area contributed by atoms with E-state index >= 15 is 0 Å². The van der Waals surface area contributed by atoms with Gasteiger partial charge in [0.1, 0.15) is 0 Å². The van der Waals surface area contributed by atoms with Crippen molar-refractivity contribution in [1.29, 1.82) is 0 Å². The van der Waals surface area contributed by atoms with Crippen molar-refractivity contribution in [3.8, 4) is 0 Å². The van der Waals surface area contributed by atoms with E-state index in [9.17, 15) is 0 Å². The first-order valence-corrected chi connectivity index (χ1v) is 2.85. The molecule has 0 saturated carbocycles. The van der Waals surface area contributed by atoms with Gasteiger partial charge in [0.05, 0.1) is 12.8 Å². The van der Waals surface area contributed by atoms with E-state index in [1.165, 1.54) is 0 Å². The van der Waals surface area contributed by atoms with Crippen molar-refractivity contribution in [2.24, 2.45) is 0 Å². The van der Waals surface area contributed by atoms with E-state index < -0.39 is 0 Å². The Morgan fingerprint density at radius 2 is 2.71 bits per heavy atom. The molecule has 0 radical (unpaired) electrons. The van der Waals surface area contributed by atoms with E-state index in [2.05, 4.69) is 5.32 Å². The van der Waals surface area contributed by atoms with Crippen molar-refractivity contribution in [3.05, 3.63) is 0 Å². The summed E-state index contributed by atoms with van der Waals surface area (Å²) in [6, 6.07) is 0. The summed E-state index contributed by atoms with van der Waals surface area (Å²) in [4.78, 5) is 0. The first-order valence-electron chi connectivity index (χ1n) is 2.32. The smallest absolute Gasteiger partial charge is 0.0971 e. The van der Waals surface area contributed by atoms with E-state index in [4.69, 9.17) is 16.3 Å². The molecule has 0 aromatic heterocycles. The van der Waals surface area contributed by atoms with Gasteiger partial charge in [-0.05, 0) is 0 Å². The lowest BCUT2D eigenvalue weighted by molar-refractivity contribution is 0.129. The summed E-state index contributed by atoms with van der Waals surface area (Å²) >= 11 is 5.44. The minimum Gasteiger partial charge on any atom is -0.361 e. The van der Waals surface area contributed by atoms with Gasteiger partial charge in [0.2, 0.25) is 0 Å². The van der Waals surface area contributed by atoms with Crippen molar-refractivity contribution in [2.45, 2.75) is 6.10 Å². The lowest BCUT2D eigenvalue weighted by atomic mass is 10.4. The predicted molar refractivity (Wildman–Crippen MR) is 28.5 cm³/mol. The SMILES string of the molecule is ClC[C@H]1CNCO1. The molecule has 0 aromatic carbocycles. The number of alkyl halides is 1. The highest BCUT2D eigenvalue weighted by atomic mass is 35.5. The summed E-state index contributed by atoms with van der Waals surface area (Å²) in [6.07, 6.45) is 0.252. The highest BCUT2D eigenvalue weighted by molar-refractivity contribution is 6.18. The van der Waals surface area contributed by atoms with E-state index in [1.54, 1.807) is 0 Å². The number of rotatable bonds is 1. The van der Waals surface area contributed by atoms with Crippen LogP contribution in [0, 0.1) is 0 Å². The number of halogens is 1. The number of hydrogen-bond acceptors (Lipinski definition) is 2. The molecule has 1 aliphatic rings. The van der Waals surface area contributed by atoms with Gasteiger partial charge in [0.15, 0.2) is 0 Å². The van der Waals surface area contributed by atoms with Crippen LogP contribution in [0.2, 0.25) is 0 Å². The molecule has 7 heavy (non-hydrogen) atoms. The third kappa shape index (κ3) is 1.30. The van der Waals surface area contributed by atoms with Gasteiger partial charge in [0.25, 0.3) is 0 Å². The normalized spacial score (nSPS) is 31.3. The maximum absolute atomic E-state index is 5.44. The molecule has 0 spiro atoms. The summed E-state index contributed by atoms with van der Waals surface area (Å²) in [6.45, 7) is 1.57. The molecule has 1 atom stereocenters. The lowest BCUT2D eigenvalue weighted by Gasteiger charge is -1.98. The van der Waals surface area contributed by atoms with Crippen molar-refractivity contribution in [2.75, 3.05) is 19.2 Å². The van der Waals surface area contributed by atoms with Crippen LogP contribution in [-0.2, 0) is 4.74 Å². The predicted octanol–water partition coefficient (Wildman–Crippen LogP) is 0.171. The highest BCUT2D eigenvalue weighted by Gasteiger charge is 2.11. The number of ether oxygens (including phenoxy) is 1. The summed E-state index contributed by atoms with van der Waals surface area (Å²) in [5.74, 6) is 0.604. The zero-order valence-electron chi connectivity index (χ0n) is 3.98. The van der Waals surface area contributed by atoms with Gasteiger partial charge in [-0.15, -0.1) is 11.6 Å². The van der Waals surface area contributed by atoms with E-state index in [1.807, 2.05) is 0 Å². The average Bonchev–Trinajstić information content (AvgIpc) is 2.14. The largest absolute Gasteiger partial charge is 0.361 e. The van der Waals surface area contributed by atoms with Gasteiger partial charge in [-0.2, -0.15) is 0 Å². The molecule has 0 amide bonds. The summed E-state index contributed by atoms with van der Waals surface area (Å²) in [7, 11) is 0. The van der Waals surface area contributed by atoms with Crippen LogP contribution in [0.5, 0.6) is 0 Å². The van der Waals surface area contributed by atoms with E-state index in [-0.39, 0.29) is 6.10 Å². The molecule has 0 aliphatic carbocycles. The van der Waals surface area contributed by atoms with E-state index in [0.717, 1.165) is 6.54 Å². The minimum absolute atomic E-state index is 0.252. The molecular formula is C4H8ClNO. The quantitative estimate of drug-likeness (QED) is 0.500. The molecule has 1 aliphatic heterocycles. The molecule has 0 bridgehead atoms. The Morgan fingerprint density at radius 3 is 3.00 bits per heavy atom. The Labute approximate surface area is 47.8 Å². The molecule has 3 heteroatoms. The Morgan fingerprint density at radius 1 is 1.86 bits per heavy atom. The fourth-order valence-corrected chi connectivity index (χ4v) is 0.753. The van der Waals surface area contributed by atoms with Gasteiger partial charge in [0, 0.05) is 12.4 Å². The molecule has 0 unspecified atom stereocenters. The molecule has 2 nitrogen and oxygen atoms in total. The number of hydrogen-bond donors (Lipinski definition) is 1. The fourth-order valence-electron chi connectivity index (χ4n) is 0.555. The number of nitrogens with one attached hydrogen (secondary N) is 1. The van der Waals surface area contributed by atoms with Crippen LogP contribution < -0.4 is 5.32 Å². The van der Waals surface area contributed by atoms with Crippen LogP contribution >= 0.6 is 11.6 Å². The van der Waals surface area contributed by atoms with Crippen LogP contribution in [0.3, 0.4) is 0 Å². The van der Waals surface area contributed by atoms with Gasteiger partial charge < -0.3 is 4.74 Å². The average molecular weight is 122 g/mol. The molecule has 42 valence electrons. The van der Waals surface area contributed by atoms with Gasteiger partial charge in [-0.3, -0.25) is 5.32 Å². The molecule has 1 fully saturated rings. The Bertz CT molecular complexity index is 53.7. The first kappa shape index (κ1) is 5.35. The lowest BCUT2D eigenvalue weighted by Crippen LogP contribution is -2.14. The van der Waals surface area contributed by atoms with Crippen LogP contribution in [0.15, 0.2) is 0 Å². The maximum atomic E-state index is 5.44. The van der Waals surface area contributed by atoms with Crippen LogP contribution in [0.4, 0.5) is 0 Å². The Hall–Kier alpha value is 0.210. The molecule has 1 N–H and O–H groups in total. The fraction of sp³-hybridized carbons (Fsp3) is 1.00. The zero-order valence-corrected chi connectivity index (χ0v) is 4.74. The van der Waals surface area contributed by atoms with Crippen molar-refractivity contribution in [1.82, 2.24) is 5.32 Å². The van der Waals surface area contributed by atoms with E-state index in [0.29, 0.717) is 12.6 Å². The van der Waals surface area contributed by atoms with Crippen molar-refractivity contribution >= 4 is 11.6 Å². The second-order valence-corrected chi connectivity index (χ2v) is 1.85. The Balaban J connectivity index is 2.14. The second-order valence-electron chi connectivity index (χ2n) is 1.54. The molecule has 0 aromatic rings. The molecule has 1 saturated heterocycles. The van der Waals surface area contributed by atoms with Crippen LogP contribution in [0.1, 0.15) is 0 Å². The van der Waals surface area contributed by atoms with Crippen molar-refractivity contribution < 1.29 is 4.74 Å². The molecular weight excluding hydrogens is 114 g/mol. The Kier molecular flexibility index (Phi) is 1.91. The van der Waals surface area contributed by atoms with Crippen LogP contribution in [-0.4, -0.2) is 25.3 Å². The second kappa shape index (κ2) is 2.50. The third-order valence-corrected chi connectivity index (χ3v) is 1.31. The standard InChI is InChI=1S/C4H8ClNO/c5-1-4-2-6-3-7-4/h4,6H,1-3H2/t4-/m0/s1. The topological polar surface area (TPSA) is 21.3 Å². The summed E-state index contributed by atoms with van der Waals surface area (Å²) in [5, 5.41) is 3.02. The van der Waals surface area contributed by atoms with Gasteiger partial charge >= 0.3 is 0 Å².